The maximum atomic E-state index is 5.71. The van der Waals surface area contributed by atoms with Gasteiger partial charge in [0.1, 0.15) is 0 Å². The Hall–Kier alpha value is -0.800. The summed E-state index contributed by atoms with van der Waals surface area (Å²) < 4.78 is 9.79. The fourth-order valence-corrected chi connectivity index (χ4v) is 0.985. The molecule has 0 radical (unpaired) electrons. The average molecular weight is 155 g/mol. The topological polar surface area (TPSA) is 48.4 Å². The number of furan rings is 1. The molecule has 62 valence electrons. The zero-order chi connectivity index (χ0) is 8.10. The zero-order valence-electron chi connectivity index (χ0n) is 6.62. The minimum Gasteiger partial charge on any atom is -0.472 e. The molecule has 0 amide bonds. The summed E-state index contributed by atoms with van der Waals surface area (Å²) in [6, 6.07) is 1.98. The lowest BCUT2D eigenvalue weighted by Gasteiger charge is -2.07. The molecular weight excluding hydrogens is 142 g/mol. The molecule has 0 aliphatic carbocycles. The summed E-state index contributed by atoms with van der Waals surface area (Å²) in [6.07, 6.45) is 4.16. The second kappa shape index (κ2) is 4.16. The van der Waals surface area contributed by atoms with E-state index in [0.717, 1.165) is 12.0 Å². The van der Waals surface area contributed by atoms with Crippen LogP contribution in [0.1, 0.15) is 5.56 Å². The molecule has 0 aliphatic heterocycles. The highest BCUT2D eigenvalue weighted by Gasteiger charge is 2.03. The molecule has 3 heteroatoms. The second-order valence-electron chi connectivity index (χ2n) is 2.55. The van der Waals surface area contributed by atoms with E-state index >= 15 is 0 Å². The van der Waals surface area contributed by atoms with Crippen molar-refractivity contribution in [3.8, 4) is 0 Å². The molecule has 0 saturated carbocycles. The van der Waals surface area contributed by atoms with Crippen LogP contribution in [0.3, 0.4) is 0 Å². The zero-order valence-corrected chi connectivity index (χ0v) is 6.62. The summed E-state index contributed by atoms with van der Waals surface area (Å²) >= 11 is 0. The van der Waals surface area contributed by atoms with Gasteiger partial charge in [0.25, 0.3) is 0 Å². The van der Waals surface area contributed by atoms with Gasteiger partial charge in [-0.1, -0.05) is 0 Å². The van der Waals surface area contributed by atoms with Crippen LogP contribution < -0.4 is 5.73 Å². The Morgan fingerprint density at radius 1 is 1.73 bits per heavy atom. The van der Waals surface area contributed by atoms with Gasteiger partial charge in [-0.05, 0) is 18.1 Å². The summed E-state index contributed by atoms with van der Waals surface area (Å²) in [4.78, 5) is 0. The molecule has 3 nitrogen and oxygen atoms in total. The Kier molecular flexibility index (Phi) is 3.14. The Bertz CT molecular complexity index is 184. The minimum atomic E-state index is 0.0672. The van der Waals surface area contributed by atoms with Crippen LogP contribution in [0.4, 0.5) is 0 Å². The molecule has 1 rings (SSSR count). The molecule has 11 heavy (non-hydrogen) atoms. The molecule has 1 aromatic rings. The van der Waals surface area contributed by atoms with Crippen molar-refractivity contribution in [2.75, 3.05) is 13.7 Å². The first-order valence-corrected chi connectivity index (χ1v) is 3.58. The number of nitrogens with two attached hydrogens (primary N) is 1. The van der Waals surface area contributed by atoms with Crippen LogP contribution >= 0.6 is 0 Å². The third kappa shape index (κ3) is 2.74. The normalized spacial score (nSPS) is 13.3. The molecular formula is C8H13NO2. The maximum Gasteiger partial charge on any atom is 0.0935 e. The lowest BCUT2D eigenvalue weighted by Crippen LogP contribution is -2.27. The monoisotopic (exact) mass is 155 g/mol. The fraction of sp³-hybridized carbons (Fsp3) is 0.500. The quantitative estimate of drug-likeness (QED) is 0.699. The van der Waals surface area contributed by atoms with Crippen molar-refractivity contribution in [1.29, 1.82) is 0 Å². The predicted octanol–water partition coefficient (Wildman–Crippen LogP) is 0.796. The summed E-state index contributed by atoms with van der Waals surface area (Å²) in [7, 11) is 1.65. The van der Waals surface area contributed by atoms with Crippen LogP contribution in [0, 0.1) is 0 Å². The first-order chi connectivity index (χ1) is 5.33. The van der Waals surface area contributed by atoms with Gasteiger partial charge in [-0.3, -0.25) is 0 Å². The highest BCUT2D eigenvalue weighted by Crippen LogP contribution is 2.02. The third-order valence-corrected chi connectivity index (χ3v) is 1.46. The maximum absolute atomic E-state index is 5.71. The lowest BCUT2D eigenvalue weighted by molar-refractivity contribution is 0.180. The van der Waals surface area contributed by atoms with Crippen molar-refractivity contribution < 1.29 is 9.15 Å². The van der Waals surface area contributed by atoms with Gasteiger partial charge in [0.2, 0.25) is 0 Å². The minimum absolute atomic E-state index is 0.0672. The van der Waals surface area contributed by atoms with E-state index in [9.17, 15) is 0 Å². The highest BCUT2D eigenvalue weighted by atomic mass is 16.5. The summed E-state index contributed by atoms with van der Waals surface area (Å²) in [5, 5.41) is 0. The summed E-state index contributed by atoms with van der Waals surface area (Å²) in [5.41, 5.74) is 6.83. The Morgan fingerprint density at radius 3 is 3.09 bits per heavy atom. The number of methoxy groups -OCH3 is 1. The first-order valence-electron chi connectivity index (χ1n) is 3.58. The Morgan fingerprint density at radius 2 is 2.55 bits per heavy atom. The molecule has 0 aromatic carbocycles. The van der Waals surface area contributed by atoms with E-state index in [1.54, 1.807) is 19.6 Å². The van der Waals surface area contributed by atoms with Gasteiger partial charge < -0.3 is 14.9 Å². The second-order valence-corrected chi connectivity index (χ2v) is 2.55. The first kappa shape index (κ1) is 8.30. The number of hydrogen-bond donors (Lipinski definition) is 1. The van der Waals surface area contributed by atoms with Crippen LogP contribution in [-0.4, -0.2) is 19.8 Å². The van der Waals surface area contributed by atoms with Crippen LogP contribution in [0.5, 0.6) is 0 Å². The molecule has 0 bridgehead atoms. The number of hydrogen-bond acceptors (Lipinski definition) is 3. The van der Waals surface area contributed by atoms with Gasteiger partial charge >= 0.3 is 0 Å². The molecule has 2 N–H and O–H groups in total. The molecule has 0 spiro atoms. The summed E-state index contributed by atoms with van der Waals surface area (Å²) in [5.74, 6) is 0. The molecule has 0 saturated heterocycles. The number of ether oxygens (including phenoxy) is 1. The van der Waals surface area contributed by atoms with E-state index in [0.29, 0.717) is 6.61 Å². The lowest BCUT2D eigenvalue weighted by atomic mass is 10.1. The van der Waals surface area contributed by atoms with Crippen molar-refractivity contribution in [2.45, 2.75) is 12.5 Å². The van der Waals surface area contributed by atoms with Crippen LogP contribution in [-0.2, 0) is 11.2 Å². The fourth-order valence-electron chi connectivity index (χ4n) is 0.985. The van der Waals surface area contributed by atoms with Crippen molar-refractivity contribution in [3.63, 3.8) is 0 Å². The third-order valence-electron chi connectivity index (χ3n) is 1.46. The highest BCUT2D eigenvalue weighted by molar-refractivity contribution is 5.06. The SMILES string of the molecule is COCC(N)Cc1ccoc1. The molecule has 1 atom stereocenters. The standard InChI is InChI=1S/C8H13NO2/c1-10-6-8(9)4-7-2-3-11-5-7/h2-3,5,8H,4,6,9H2,1H3. The van der Waals surface area contributed by atoms with Gasteiger partial charge in [0, 0.05) is 13.2 Å². The van der Waals surface area contributed by atoms with E-state index in [2.05, 4.69) is 0 Å². The average Bonchev–Trinajstić information content (AvgIpc) is 2.40. The van der Waals surface area contributed by atoms with Crippen LogP contribution in [0.2, 0.25) is 0 Å². The van der Waals surface area contributed by atoms with Crippen molar-refractivity contribution >= 4 is 0 Å². The van der Waals surface area contributed by atoms with Gasteiger partial charge in [-0.25, -0.2) is 0 Å². The van der Waals surface area contributed by atoms with E-state index in [-0.39, 0.29) is 6.04 Å². The largest absolute Gasteiger partial charge is 0.472 e. The van der Waals surface area contributed by atoms with Crippen molar-refractivity contribution in [2.24, 2.45) is 5.73 Å². The number of rotatable bonds is 4. The van der Waals surface area contributed by atoms with E-state index in [4.69, 9.17) is 14.9 Å². The van der Waals surface area contributed by atoms with Gasteiger partial charge in [-0.15, -0.1) is 0 Å². The van der Waals surface area contributed by atoms with Gasteiger partial charge in [0.15, 0.2) is 0 Å². The molecule has 0 aliphatic rings. The molecule has 0 fully saturated rings. The predicted molar refractivity (Wildman–Crippen MR) is 42.3 cm³/mol. The Balaban J connectivity index is 2.31. The smallest absolute Gasteiger partial charge is 0.0935 e. The summed E-state index contributed by atoms with van der Waals surface area (Å²) in [6.45, 7) is 0.588. The molecule has 1 heterocycles. The van der Waals surface area contributed by atoms with E-state index in [1.165, 1.54) is 0 Å². The van der Waals surface area contributed by atoms with Gasteiger partial charge in [-0.2, -0.15) is 0 Å². The van der Waals surface area contributed by atoms with Crippen molar-refractivity contribution in [3.05, 3.63) is 24.2 Å². The molecule has 1 aromatic heterocycles. The molecule has 1 unspecified atom stereocenters. The van der Waals surface area contributed by atoms with Crippen molar-refractivity contribution in [1.82, 2.24) is 0 Å². The van der Waals surface area contributed by atoms with Crippen LogP contribution in [0.25, 0.3) is 0 Å². The Labute approximate surface area is 66.1 Å². The van der Waals surface area contributed by atoms with E-state index < -0.39 is 0 Å². The van der Waals surface area contributed by atoms with Crippen LogP contribution in [0.15, 0.2) is 23.0 Å². The van der Waals surface area contributed by atoms with Gasteiger partial charge in [0.05, 0.1) is 19.1 Å². The van der Waals surface area contributed by atoms with E-state index in [1.807, 2.05) is 6.07 Å².